The van der Waals surface area contributed by atoms with Gasteiger partial charge in [0.2, 0.25) is 0 Å². The highest BCUT2D eigenvalue weighted by Crippen LogP contribution is 2.22. The first-order valence-electron chi connectivity index (χ1n) is 7.73. The lowest BCUT2D eigenvalue weighted by Crippen LogP contribution is -2.29. The SMILES string of the molecule is CC(C)NCc1ccnc(N(C)CC2CCN(C)C2)c1F. The first-order chi connectivity index (χ1) is 9.97. The molecule has 0 radical (unpaired) electrons. The van der Waals surface area contributed by atoms with Crippen LogP contribution >= 0.6 is 0 Å². The van der Waals surface area contributed by atoms with Gasteiger partial charge in [-0.05, 0) is 32.0 Å². The lowest BCUT2D eigenvalue weighted by Gasteiger charge is -2.23. The predicted octanol–water partition coefficient (Wildman–Crippen LogP) is 2.11. The van der Waals surface area contributed by atoms with Crippen molar-refractivity contribution >= 4 is 5.82 Å². The third-order valence-corrected chi connectivity index (χ3v) is 4.03. The third-order valence-electron chi connectivity index (χ3n) is 4.03. The van der Waals surface area contributed by atoms with E-state index in [0.29, 0.717) is 29.9 Å². The Hall–Kier alpha value is -1.20. The number of rotatable bonds is 6. The number of pyridine rings is 1. The standard InChI is InChI=1S/C16H27FN4/c1-12(2)19-9-14-5-7-18-16(15(14)17)21(4)11-13-6-8-20(3)10-13/h5,7,12-13,19H,6,8-11H2,1-4H3. The van der Waals surface area contributed by atoms with Crippen molar-refractivity contribution in [3.63, 3.8) is 0 Å². The summed E-state index contributed by atoms with van der Waals surface area (Å²) in [6, 6.07) is 2.10. The molecule has 0 aromatic carbocycles. The summed E-state index contributed by atoms with van der Waals surface area (Å²) >= 11 is 0. The van der Waals surface area contributed by atoms with Crippen molar-refractivity contribution < 1.29 is 4.39 Å². The van der Waals surface area contributed by atoms with Crippen LogP contribution < -0.4 is 10.2 Å². The molecule has 0 saturated carbocycles. The Morgan fingerprint density at radius 1 is 1.52 bits per heavy atom. The zero-order chi connectivity index (χ0) is 15.4. The lowest BCUT2D eigenvalue weighted by molar-refractivity contribution is 0.395. The Labute approximate surface area is 127 Å². The number of aromatic nitrogens is 1. The third kappa shape index (κ3) is 4.38. The highest BCUT2D eigenvalue weighted by molar-refractivity contribution is 5.42. The molecule has 1 N–H and O–H groups in total. The van der Waals surface area contributed by atoms with Crippen LogP contribution in [0.15, 0.2) is 12.3 Å². The van der Waals surface area contributed by atoms with Gasteiger partial charge in [-0.2, -0.15) is 0 Å². The molecule has 1 unspecified atom stereocenters. The van der Waals surface area contributed by atoms with Crippen LogP contribution in [0.25, 0.3) is 0 Å². The average molecular weight is 294 g/mol. The maximum absolute atomic E-state index is 14.6. The molecule has 1 aliphatic heterocycles. The van der Waals surface area contributed by atoms with Crippen molar-refractivity contribution in [2.75, 3.05) is 38.6 Å². The van der Waals surface area contributed by atoms with Gasteiger partial charge in [-0.15, -0.1) is 0 Å². The van der Waals surface area contributed by atoms with E-state index in [1.165, 1.54) is 6.42 Å². The van der Waals surface area contributed by atoms with Crippen molar-refractivity contribution in [2.45, 2.75) is 32.9 Å². The van der Waals surface area contributed by atoms with Gasteiger partial charge in [0.15, 0.2) is 11.6 Å². The quantitative estimate of drug-likeness (QED) is 0.871. The molecule has 1 atom stereocenters. The number of halogens is 1. The first-order valence-corrected chi connectivity index (χ1v) is 7.73. The molecule has 1 aromatic rings. The fourth-order valence-electron chi connectivity index (χ4n) is 2.84. The fraction of sp³-hybridized carbons (Fsp3) is 0.688. The second-order valence-corrected chi connectivity index (χ2v) is 6.44. The van der Waals surface area contributed by atoms with Crippen molar-refractivity contribution in [1.82, 2.24) is 15.2 Å². The molecular formula is C16H27FN4. The minimum atomic E-state index is -0.195. The molecule has 4 nitrogen and oxygen atoms in total. The number of likely N-dealkylation sites (tertiary alicyclic amines) is 1. The topological polar surface area (TPSA) is 31.4 Å². The summed E-state index contributed by atoms with van der Waals surface area (Å²) in [5.41, 5.74) is 0.684. The van der Waals surface area contributed by atoms with Crippen LogP contribution in [-0.2, 0) is 6.54 Å². The van der Waals surface area contributed by atoms with E-state index in [1.807, 2.05) is 11.9 Å². The van der Waals surface area contributed by atoms with Gasteiger partial charge in [-0.1, -0.05) is 13.8 Å². The van der Waals surface area contributed by atoms with Crippen LogP contribution in [0.2, 0.25) is 0 Å². The second-order valence-electron chi connectivity index (χ2n) is 6.44. The second kappa shape index (κ2) is 7.18. The Kier molecular flexibility index (Phi) is 5.53. The van der Waals surface area contributed by atoms with Crippen LogP contribution in [-0.4, -0.2) is 49.7 Å². The fourth-order valence-corrected chi connectivity index (χ4v) is 2.84. The largest absolute Gasteiger partial charge is 0.357 e. The Morgan fingerprint density at radius 3 is 2.90 bits per heavy atom. The van der Waals surface area contributed by atoms with Crippen molar-refractivity contribution in [3.8, 4) is 0 Å². The van der Waals surface area contributed by atoms with E-state index in [2.05, 4.69) is 36.1 Å². The van der Waals surface area contributed by atoms with E-state index in [-0.39, 0.29) is 5.82 Å². The van der Waals surface area contributed by atoms with Crippen LogP contribution in [0.5, 0.6) is 0 Å². The van der Waals surface area contributed by atoms with Crippen LogP contribution in [0, 0.1) is 11.7 Å². The zero-order valence-electron chi connectivity index (χ0n) is 13.6. The molecule has 21 heavy (non-hydrogen) atoms. The van der Waals surface area contributed by atoms with Crippen molar-refractivity contribution in [2.24, 2.45) is 5.92 Å². The predicted molar refractivity (Wildman–Crippen MR) is 85.0 cm³/mol. The number of nitrogens with zero attached hydrogens (tertiary/aromatic N) is 3. The van der Waals surface area contributed by atoms with Gasteiger partial charge in [0.05, 0.1) is 0 Å². The van der Waals surface area contributed by atoms with E-state index in [0.717, 1.165) is 19.6 Å². The minimum Gasteiger partial charge on any atom is -0.357 e. The summed E-state index contributed by atoms with van der Waals surface area (Å²) in [6.07, 6.45) is 2.88. The molecule has 1 fully saturated rings. The smallest absolute Gasteiger partial charge is 0.170 e. The summed E-state index contributed by atoms with van der Waals surface area (Å²) in [7, 11) is 4.07. The molecule has 1 saturated heterocycles. The maximum Gasteiger partial charge on any atom is 0.170 e. The van der Waals surface area contributed by atoms with E-state index >= 15 is 0 Å². The maximum atomic E-state index is 14.6. The molecule has 0 amide bonds. The van der Waals surface area contributed by atoms with Crippen molar-refractivity contribution in [1.29, 1.82) is 0 Å². The van der Waals surface area contributed by atoms with Crippen LogP contribution in [0.3, 0.4) is 0 Å². The molecule has 118 valence electrons. The summed E-state index contributed by atoms with van der Waals surface area (Å²) in [5.74, 6) is 0.866. The molecule has 2 heterocycles. The van der Waals surface area contributed by atoms with Gasteiger partial charge in [-0.3, -0.25) is 0 Å². The molecular weight excluding hydrogens is 267 g/mol. The zero-order valence-corrected chi connectivity index (χ0v) is 13.6. The highest BCUT2D eigenvalue weighted by Gasteiger charge is 2.22. The van der Waals surface area contributed by atoms with E-state index < -0.39 is 0 Å². The van der Waals surface area contributed by atoms with Gasteiger partial charge < -0.3 is 15.1 Å². The molecule has 0 bridgehead atoms. The van der Waals surface area contributed by atoms with Gasteiger partial charge in [0.1, 0.15) is 0 Å². The molecule has 1 aliphatic rings. The Balaban J connectivity index is 2.03. The van der Waals surface area contributed by atoms with Gasteiger partial charge in [0, 0.05) is 44.5 Å². The van der Waals surface area contributed by atoms with Crippen LogP contribution in [0.1, 0.15) is 25.8 Å². The van der Waals surface area contributed by atoms with Crippen LogP contribution in [0.4, 0.5) is 10.2 Å². The molecule has 0 aliphatic carbocycles. The highest BCUT2D eigenvalue weighted by atomic mass is 19.1. The normalized spacial score (nSPS) is 19.4. The van der Waals surface area contributed by atoms with Gasteiger partial charge in [-0.25, -0.2) is 9.37 Å². The van der Waals surface area contributed by atoms with E-state index in [9.17, 15) is 4.39 Å². The van der Waals surface area contributed by atoms with E-state index in [4.69, 9.17) is 0 Å². The van der Waals surface area contributed by atoms with Gasteiger partial charge in [0.25, 0.3) is 0 Å². The Morgan fingerprint density at radius 2 is 2.29 bits per heavy atom. The van der Waals surface area contributed by atoms with E-state index in [1.54, 1.807) is 12.3 Å². The number of hydrogen-bond donors (Lipinski definition) is 1. The summed E-state index contributed by atoms with van der Waals surface area (Å²) < 4.78 is 14.6. The molecule has 5 heteroatoms. The summed E-state index contributed by atoms with van der Waals surface area (Å²) in [4.78, 5) is 8.52. The van der Waals surface area contributed by atoms with Crippen molar-refractivity contribution in [3.05, 3.63) is 23.6 Å². The lowest BCUT2D eigenvalue weighted by atomic mass is 10.1. The van der Waals surface area contributed by atoms with Gasteiger partial charge >= 0.3 is 0 Å². The molecule has 2 rings (SSSR count). The number of anilines is 1. The molecule has 1 aromatic heterocycles. The minimum absolute atomic E-state index is 0.195. The summed E-state index contributed by atoms with van der Waals surface area (Å²) in [5, 5.41) is 3.25. The number of nitrogens with one attached hydrogen (secondary N) is 1. The molecule has 0 spiro atoms. The monoisotopic (exact) mass is 294 g/mol. The summed E-state index contributed by atoms with van der Waals surface area (Å²) in [6.45, 7) is 7.73. The average Bonchev–Trinajstić information content (AvgIpc) is 2.82. The first kappa shape index (κ1) is 16.2. The number of hydrogen-bond acceptors (Lipinski definition) is 4. The Bertz CT molecular complexity index is 464.